The Bertz CT molecular complexity index is 341. The van der Waals surface area contributed by atoms with Gasteiger partial charge in [0.2, 0.25) is 0 Å². The van der Waals surface area contributed by atoms with Crippen LogP contribution in [0, 0.1) is 11.7 Å². The molecule has 1 aromatic rings. The zero-order valence-electron chi connectivity index (χ0n) is 11.6. The van der Waals surface area contributed by atoms with Crippen LogP contribution in [0.5, 0.6) is 0 Å². The van der Waals surface area contributed by atoms with E-state index in [1.807, 2.05) is 17.8 Å². The molecule has 1 aromatic carbocycles. The molecule has 1 atom stereocenters. The molecule has 0 radical (unpaired) electrons. The van der Waals surface area contributed by atoms with Crippen molar-refractivity contribution in [2.45, 2.75) is 33.2 Å². The lowest BCUT2D eigenvalue weighted by Crippen LogP contribution is -2.33. The Balaban J connectivity index is 2.46. The summed E-state index contributed by atoms with van der Waals surface area (Å²) in [4.78, 5) is 0. The Labute approximate surface area is 115 Å². The number of halogens is 1. The third-order valence-corrected chi connectivity index (χ3v) is 4.17. The van der Waals surface area contributed by atoms with Crippen LogP contribution in [-0.2, 0) is 6.42 Å². The lowest BCUT2D eigenvalue weighted by Gasteiger charge is -2.18. The lowest BCUT2D eigenvalue weighted by atomic mass is 10.1. The van der Waals surface area contributed by atoms with Gasteiger partial charge in [-0.2, -0.15) is 11.8 Å². The number of hydrogen-bond donors (Lipinski definition) is 1. The summed E-state index contributed by atoms with van der Waals surface area (Å²) in [7, 11) is 0. The standard InChI is InChI=1S/C15H24FNS/c1-4-17-15(11-18-10-12(2)3)9-13-6-5-7-14(16)8-13/h5-8,12,15,17H,4,9-11H2,1-3H3. The molecule has 0 heterocycles. The van der Waals surface area contributed by atoms with E-state index in [1.165, 1.54) is 11.8 Å². The Morgan fingerprint density at radius 3 is 2.67 bits per heavy atom. The minimum atomic E-state index is -0.141. The molecule has 0 amide bonds. The van der Waals surface area contributed by atoms with Gasteiger partial charge >= 0.3 is 0 Å². The summed E-state index contributed by atoms with van der Waals surface area (Å²) in [6, 6.07) is 7.35. The molecular weight excluding hydrogens is 245 g/mol. The van der Waals surface area contributed by atoms with Crippen LogP contribution in [0.15, 0.2) is 24.3 Å². The van der Waals surface area contributed by atoms with Crippen LogP contribution in [-0.4, -0.2) is 24.1 Å². The molecule has 0 aromatic heterocycles. The Kier molecular flexibility index (Phi) is 7.36. The average Bonchev–Trinajstić information content (AvgIpc) is 2.28. The highest BCUT2D eigenvalue weighted by Crippen LogP contribution is 2.13. The number of benzene rings is 1. The van der Waals surface area contributed by atoms with Gasteiger partial charge in [-0.25, -0.2) is 4.39 Å². The number of thioether (sulfide) groups is 1. The topological polar surface area (TPSA) is 12.0 Å². The molecule has 0 saturated carbocycles. The fraction of sp³-hybridized carbons (Fsp3) is 0.600. The van der Waals surface area contributed by atoms with Gasteiger partial charge in [0.25, 0.3) is 0 Å². The highest BCUT2D eigenvalue weighted by atomic mass is 32.2. The van der Waals surface area contributed by atoms with E-state index in [9.17, 15) is 4.39 Å². The largest absolute Gasteiger partial charge is 0.313 e. The number of rotatable bonds is 8. The third-order valence-electron chi connectivity index (χ3n) is 2.63. The first-order chi connectivity index (χ1) is 8.61. The SMILES string of the molecule is CCNC(CSCC(C)C)Cc1cccc(F)c1. The van der Waals surface area contributed by atoms with Gasteiger partial charge in [-0.15, -0.1) is 0 Å². The summed E-state index contributed by atoms with van der Waals surface area (Å²) in [5.74, 6) is 2.86. The van der Waals surface area contributed by atoms with Crippen molar-refractivity contribution < 1.29 is 4.39 Å². The molecule has 0 spiro atoms. The van der Waals surface area contributed by atoms with E-state index in [2.05, 4.69) is 26.1 Å². The normalized spacial score (nSPS) is 12.9. The van der Waals surface area contributed by atoms with E-state index in [1.54, 1.807) is 12.1 Å². The van der Waals surface area contributed by atoms with Crippen molar-refractivity contribution in [1.82, 2.24) is 5.32 Å². The first-order valence-corrected chi connectivity index (χ1v) is 7.82. The molecule has 0 bridgehead atoms. The minimum absolute atomic E-state index is 0.141. The van der Waals surface area contributed by atoms with Gasteiger partial charge in [0.15, 0.2) is 0 Å². The van der Waals surface area contributed by atoms with Gasteiger partial charge in [-0.3, -0.25) is 0 Å². The van der Waals surface area contributed by atoms with Crippen molar-refractivity contribution in [3.8, 4) is 0 Å². The summed E-state index contributed by atoms with van der Waals surface area (Å²) >= 11 is 1.98. The van der Waals surface area contributed by atoms with Crippen LogP contribution >= 0.6 is 11.8 Å². The molecule has 0 aliphatic rings. The number of nitrogens with one attached hydrogen (secondary N) is 1. The van der Waals surface area contributed by atoms with Crippen molar-refractivity contribution in [2.24, 2.45) is 5.92 Å². The maximum absolute atomic E-state index is 13.1. The fourth-order valence-corrected chi connectivity index (χ4v) is 3.00. The molecule has 1 rings (SSSR count). The first kappa shape index (κ1) is 15.5. The maximum atomic E-state index is 13.1. The van der Waals surface area contributed by atoms with E-state index in [0.717, 1.165) is 30.2 Å². The third kappa shape index (κ3) is 6.41. The van der Waals surface area contributed by atoms with Gasteiger partial charge in [-0.1, -0.05) is 32.9 Å². The molecule has 0 aliphatic carbocycles. The summed E-state index contributed by atoms with van der Waals surface area (Å²) in [6.45, 7) is 7.55. The predicted molar refractivity (Wildman–Crippen MR) is 79.7 cm³/mol. The second kappa shape index (κ2) is 8.54. The predicted octanol–water partition coefficient (Wildman–Crippen LogP) is 3.74. The number of hydrogen-bond acceptors (Lipinski definition) is 2. The maximum Gasteiger partial charge on any atom is 0.123 e. The number of likely N-dealkylation sites (N-methyl/N-ethyl adjacent to an activating group) is 1. The van der Waals surface area contributed by atoms with E-state index in [4.69, 9.17) is 0 Å². The molecule has 1 nitrogen and oxygen atoms in total. The fourth-order valence-electron chi connectivity index (χ4n) is 1.87. The molecule has 1 unspecified atom stereocenters. The minimum Gasteiger partial charge on any atom is -0.313 e. The van der Waals surface area contributed by atoms with Crippen molar-refractivity contribution in [3.05, 3.63) is 35.6 Å². The zero-order valence-corrected chi connectivity index (χ0v) is 12.4. The molecule has 0 saturated heterocycles. The van der Waals surface area contributed by atoms with E-state index < -0.39 is 0 Å². The first-order valence-electron chi connectivity index (χ1n) is 6.67. The smallest absolute Gasteiger partial charge is 0.123 e. The quantitative estimate of drug-likeness (QED) is 0.771. The van der Waals surface area contributed by atoms with Gasteiger partial charge in [-0.05, 0) is 42.3 Å². The molecule has 0 aliphatic heterocycles. The van der Waals surface area contributed by atoms with E-state index >= 15 is 0 Å². The van der Waals surface area contributed by atoms with Crippen LogP contribution in [0.25, 0.3) is 0 Å². The van der Waals surface area contributed by atoms with Crippen LogP contribution < -0.4 is 5.32 Å². The Hall–Kier alpha value is -0.540. The van der Waals surface area contributed by atoms with Gasteiger partial charge in [0.1, 0.15) is 5.82 Å². The molecule has 18 heavy (non-hydrogen) atoms. The molecule has 3 heteroatoms. The lowest BCUT2D eigenvalue weighted by molar-refractivity contribution is 0.567. The summed E-state index contributed by atoms with van der Waals surface area (Å²) in [6.07, 6.45) is 0.899. The average molecular weight is 269 g/mol. The van der Waals surface area contributed by atoms with Gasteiger partial charge in [0, 0.05) is 11.8 Å². The Morgan fingerprint density at radius 2 is 2.06 bits per heavy atom. The molecule has 102 valence electrons. The zero-order chi connectivity index (χ0) is 13.4. The second-order valence-corrected chi connectivity index (χ2v) is 6.09. The van der Waals surface area contributed by atoms with Crippen molar-refractivity contribution in [1.29, 1.82) is 0 Å². The van der Waals surface area contributed by atoms with Crippen LogP contribution in [0.1, 0.15) is 26.3 Å². The van der Waals surface area contributed by atoms with Crippen LogP contribution in [0.4, 0.5) is 4.39 Å². The monoisotopic (exact) mass is 269 g/mol. The molecule has 0 fully saturated rings. The summed E-state index contributed by atoms with van der Waals surface area (Å²) in [5, 5.41) is 3.48. The Morgan fingerprint density at radius 1 is 1.28 bits per heavy atom. The highest BCUT2D eigenvalue weighted by molar-refractivity contribution is 7.99. The van der Waals surface area contributed by atoms with E-state index in [0.29, 0.717) is 6.04 Å². The van der Waals surface area contributed by atoms with Crippen molar-refractivity contribution in [3.63, 3.8) is 0 Å². The van der Waals surface area contributed by atoms with Crippen molar-refractivity contribution in [2.75, 3.05) is 18.1 Å². The van der Waals surface area contributed by atoms with E-state index in [-0.39, 0.29) is 5.82 Å². The van der Waals surface area contributed by atoms with Gasteiger partial charge < -0.3 is 5.32 Å². The molecule has 1 N–H and O–H groups in total. The van der Waals surface area contributed by atoms with Crippen LogP contribution in [0.2, 0.25) is 0 Å². The summed E-state index contributed by atoms with van der Waals surface area (Å²) in [5.41, 5.74) is 1.08. The van der Waals surface area contributed by atoms with Crippen molar-refractivity contribution >= 4 is 11.8 Å². The second-order valence-electron chi connectivity index (χ2n) is 5.02. The summed E-state index contributed by atoms with van der Waals surface area (Å²) < 4.78 is 13.1. The van der Waals surface area contributed by atoms with Gasteiger partial charge in [0.05, 0.1) is 0 Å². The van der Waals surface area contributed by atoms with Crippen LogP contribution in [0.3, 0.4) is 0 Å². The highest BCUT2D eigenvalue weighted by Gasteiger charge is 2.09. The molecular formula is C15H24FNS.